The number of esters is 1. The van der Waals surface area contributed by atoms with E-state index in [1.807, 2.05) is 6.92 Å². The lowest BCUT2D eigenvalue weighted by Gasteiger charge is -2.16. The summed E-state index contributed by atoms with van der Waals surface area (Å²) >= 11 is 5.90. The molecule has 1 N–H and O–H groups in total. The predicted molar refractivity (Wildman–Crippen MR) is 113 cm³/mol. The van der Waals surface area contributed by atoms with Gasteiger partial charge in [0.2, 0.25) is 0 Å². The van der Waals surface area contributed by atoms with E-state index in [0.717, 1.165) is 25.0 Å². The summed E-state index contributed by atoms with van der Waals surface area (Å²) in [5.41, 5.74) is 0.443. The molecule has 0 aliphatic rings. The lowest BCUT2D eigenvalue weighted by molar-refractivity contribution is -0.123. The first kappa shape index (κ1) is 23.5. The van der Waals surface area contributed by atoms with Gasteiger partial charge < -0.3 is 19.5 Å². The molecule has 6 nitrogen and oxygen atoms in total. The zero-order valence-electron chi connectivity index (χ0n) is 17.2. The van der Waals surface area contributed by atoms with E-state index in [1.54, 1.807) is 12.1 Å². The SMILES string of the molecule is CCCCOc1ccc(C(=O)OC(C)C(=O)Nc2ccc(F)cc2Cl)cc1OCC. The monoisotopic (exact) mass is 437 g/mol. The summed E-state index contributed by atoms with van der Waals surface area (Å²) in [6, 6.07) is 8.28. The lowest BCUT2D eigenvalue weighted by atomic mass is 10.2. The molecule has 1 unspecified atom stereocenters. The van der Waals surface area contributed by atoms with Gasteiger partial charge in [0, 0.05) is 0 Å². The smallest absolute Gasteiger partial charge is 0.339 e. The third-order valence-corrected chi connectivity index (χ3v) is 4.39. The van der Waals surface area contributed by atoms with E-state index in [-0.39, 0.29) is 16.3 Å². The zero-order chi connectivity index (χ0) is 22.1. The van der Waals surface area contributed by atoms with Gasteiger partial charge in [0.15, 0.2) is 17.6 Å². The Morgan fingerprint density at radius 2 is 1.87 bits per heavy atom. The molecule has 30 heavy (non-hydrogen) atoms. The van der Waals surface area contributed by atoms with Crippen molar-refractivity contribution in [1.82, 2.24) is 0 Å². The number of ether oxygens (including phenoxy) is 3. The Labute approximate surface area is 180 Å². The molecule has 1 amide bonds. The number of carbonyl (C=O) groups excluding carboxylic acids is 2. The molecule has 0 fully saturated rings. The quantitative estimate of drug-likeness (QED) is 0.406. The second-order valence-electron chi connectivity index (χ2n) is 6.46. The highest BCUT2D eigenvalue weighted by molar-refractivity contribution is 6.33. The molecular weight excluding hydrogens is 413 g/mol. The number of unbranched alkanes of at least 4 members (excludes halogenated alkanes) is 1. The van der Waals surface area contributed by atoms with Gasteiger partial charge in [-0.25, -0.2) is 9.18 Å². The van der Waals surface area contributed by atoms with Gasteiger partial charge in [-0.15, -0.1) is 0 Å². The minimum atomic E-state index is -1.10. The minimum Gasteiger partial charge on any atom is -0.490 e. The van der Waals surface area contributed by atoms with Gasteiger partial charge in [-0.3, -0.25) is 4.79 Å². The van der Waals surface area contributed by atoms with E-state index in [2.05, 4.69) is 12.2 Å². The maximum absolute atomic E-state index is 13.1. The molecule has 0 saturated heterocycles. The van der Waals surface area contributed by atoms with Crippen LogP contribution in [0, 0.1) is 5.82 Å². The van der Waals surface area contributed by atoms with Gasteiger partial charge in [-0.2, -0.15) is 0 Å². The maximum atomic E-state index is 13.1. The van der Waals surface area contributed by atoms with E-state index >= 15 is 0 Å². The van der Waals surface area contributed by atoms with Gasteiger partial charge in [0.1, 0.15) is 5.82 Å². The summed E-state index contributed by atoms with van der Waals surface area (Å²) in [6.45, 7) is 6.26. The molecule has 1 atom stereocenters. The Balaban J connectivity index is 2.04. The predicted octanol–water partition coefficient (Wildman–Crippen LogP) is 5.24. The van der Waals surface area contributed by atoms with Crippen LogP contribution < -0.4 is 14.8 Å². The third kappa shape index (κ3) is 6.62. The van der Waals surface area contributed by atoms with Crippen LogP contribution in [0.15, 0.2) is 36.4 Å². The molecule has 0 bridgehead atoms. The fourth-order valence-corrected chi connectivity index (χ4v) is 2.67. The van der Waals surface area contributed by atoms with Crippen LogP contribution in [0.2, 0.25) is 5.02 Å². The van der Waals surface area contributed by atoms with Crippen molar-refractivity contribution in [2.45, 2.75) is 39.7 Å². The number of amides is 1. The topological polar surface area (TPSA) is 73.9 Å². The largest absolute Gasteiger partial charge is 0.490 e. The minimum absolute atomic E-state index is 0.0434. The van der Waals surface area contributed by atoms with Crippen molar-refractivity contribution in [3.05, 3.63) is 52.8 Å². The number of nitrogens with one attached hydrogen (secondary N) is 1. The van der Waals surface area contributed by atoms with Gasteiger partial charge in [-0.1, -0.05) is 24.9 Å². The van der Waals surface area contributed by atoms with Crippen LogP contribution in [-0.2, 0) is 9.53 Å². The third-order valence-electron chi connectivity index (χ3n) is 4.08. The molecule has 0 aromatic heterocycles. The summed E-state index contributed by atoms with van der Waals surface area (Å²) in [5.74, 6) is -0.841. The van der Waals surface area contributed by atoms with Crippen LogP contribution >= 0.6 is 11.6 Å². The van der Waals surface area contributed by atoms with E-state index in [0.29, 0.717) is 24.7 Å². The van der Waals surface area contributed by atoms with E-state index < -0.39 is 23.8 Å². The van der Waals surface area contributed by atoms with Crippen molar-refractivity contribution in [2.75, 3.05) is 18.5 Å². The molecule has 0 radical (unpaired) electrons. The van der Waals surface area contributed by atoms with Crippen molar-refractivity contribution in [3.8, 4) is 11.5 Å². The number of rotatable bonds is 10. The fraction of sp³-hybridized carbons (Fsp3) is 0.364. The first-order valence-corrected chi connectivity index (χ1v) is 10.1. The number of anilines is 1. The van der Waals surface area contributed by atoms with Gasteiger partial charge in [0.05, 0.1) is 29.5 Å². The summed E-state index contributed by atoms with van der Waals surface area (Å²) < 4.78 is 29.6. The van der Waals surface area contributed by atoms with Crippen LogP contribution in [0.5, 0.6) is 11.5 Å². The first-order chi connectivity index (χ1) is 14.3. The van der Waals surface area contributed by atoms with Crippen molar-refractivity contribution < 1.29 is 28.2 Å². The fourth-order valence-electron chi connectivity index (χ4n) is 2.46. The average Bonchev–Trinajstić information content (AvgIpc) is 2.71. The molecule has 162 valence electrons. The van der Waals surface area contributed by atoms with Gasteiger partial charge in [0.25, 0.3) is 5.91 Å². The van der Waals surface area contributed by atoms with Crippen molar-refractivity contribution in [1.29, 1.82) is 0 Å². The second kappa shape index (κ2) is 11.4. The molecular formula is C22H25ClFNO5. The maximum Gasteiger partial charge on any atom is 0.339 e. The Kier molecular flexibility index (Phi) is 8.92. The molecule has 2 rings (SSSR count). The number of hydrogen-bond acceptors (Lipinski definition) is 5. The normalized spacial score (nSPS) is 11.5. The Hall–Kier alpha value is -2.80. The second-order valence-corrected chi connectivity index (χ2v) is 6.86. The summed E-state index contributed by atoms with van der Waals surface area (Å²) in [6.07, 6.45) is 0.798. The molecule has 0 aliphatic heterocycles. The van der Waals surface area contributed by atoms with Crippen LogP contribution in [0.3, 0.4) is 0 Å². The highest BCUT2D eigenvalue weighted by atomic mass is 35.5. The van der Waals surface area contributed by atoms with E-state index in [1.165, 1.54) is 19.1 Å². The van der Waals surface area contributed by atoms with Crippen molar-refractivity contribution in [3.63, 3.8) is 0 Å². The molecule has 2 aromatic rings. The van der Waals surface area contributed by atoms with Crippen molar-refractivity contribution in [2.24, 2.45) is 0 Å². The van der Waals surface area contributed by atoms with Crippen LogP contribution in [-0.4, -0.2) is 31.2 Å². The zero-order valence-corrected chi connectivity index (χ0v) is 17.9. The highest BCUT2D eigenvalue weighted by Gasteiger charge is 2.21. The Bertz CT molecular complexity index is 890. The molecule has 0 aliphatic carbocycles. The van der Waals surface area contributed by atoms with Gasteiger partial charge in [-0.05, 0) is 56.7 Å². The Morgan fingerprint density at radius 3 is 2.53 bits per heavy atom. The van der Waals surface area contributed by atoms with Crippen molar-refractivity contribution >= 4 is 29.2 Å². The van der Waals surface area contributed by atoms with Gasteiger partial charge >= 0.3 is 5.97 Å². The molecule has 0 saturated carbocycles. The Morgan fingerprint density at radius 1 is 1.10 bits per heavy atom. The van der Waals surface area contributed by atoms with E-state index in [4.69, 9.17) is 25.8 Å². The molecule has 8 heteroatoms. The van der Waals surface area contributed by atoms with Crippen LogP contribution in [0.25, 0.3) is 0 Å². The number of benzene rings is 2. The average molecular weight is 438 g/mol. The lowest BCUT2D eigenvalue weighted by Crippen LogP contribution is -2.30. The standard InChI is InChI=1S/C22H25ClFNO5/c1-4-6-11-29-19-10-7-15(12-20(19)28-5-2)22(27)30-14(3)21(26)25-18-9-8-16(24)13-17(18)23/h7-10,12-14H,4-6,11H2,1-3H3,(H,25,26). The highest BCUT2D eigenvalue weighted by Crippen LogP contribution is 2.29. The molecule has 0 heterocycles. The molecule has 0 spiro atoms. The number of hydrogen-bond donors (Lipinski definition) is 1. The number of carbonyl (C=O) groups is 2. The number of halogens is 2. The van der Waals surface area contributed by atoms with Crippen LogP contribution in [0.1, 0.15) is 44.0 Å². The molecule has 2 aromatic carbocycles. The van der Waals surface area contributed by atoms with E-state index in [9.17, 15) is 14.0 Å². The van der Waals surface area contributed by atoms with Crippen LogP contribution in [0.4, 0.5) is 10.1 Å². The first-order valence-electron chi connectivity index (χ1n) is 9.72. The summed E-state index contributed by atoms with van der Waals surface area (Å²) in [7, 11) is 0. The summed E-state index contributed by atoms with van der Waals surface area (Å²) in [4.78, 5) is 24.8. The summed E-state index contributed by atoms with van der Waals surface area (Å²) in [5, 5.41) is 2.55.